The summed E-state index contributed by atoms with van der Waals surface area (Å²) in [6, 6.07) is 5.45. The Labute approximate surface area is 90.7 Å². The standard InChI is InChI=1S/C12H19FN2/c1-9(2)15-7-3-4-10-5-6-11(13)12(14)8-10/h5-6,8-9,15H,3-4,7,14H2,1-2H3. The molecule has 0 heterocycles. The predicted molar refractivity (Wildman–Crippen MR) is 62.3 cm³/mol. The van der Waals surface area contributed by atoms with Gasteiger partial charge in [0, 0.05) is 6.04 Å². The molecule has 0 aliphatic rings. The minimum absolute atomic E-state index is 0.240. The van der Waals surface area contributed by atoms with Gasteiger partial charge in [0.05, 0.1) is 5.69 Å². The van der Waals surface area contributed by atoms with Gasteiger partial charge >= 0.3 is 0 Å². The maximum Gasteiger partial charge on any atom is 0.146 e. The molecule has 2 nitrogen and oxygen atoms in total. The Morgan fingerprint density at radius 3 is 2.73 bits per heavy atom. The SMILES string of the molecule is CC(C)NCCCc1ccc(F)c(N)c1. The molecule has 84 valence electrons. The normalized spacial score (nSPS) is 10.9. The van der Waals surface area contributed by atoms with E-state index in [2.05, 4.69) is 19.2 Å². The summed E-state index contributed by atoms with van der Waals surface area (Å²) in [5, 5.41) is 3.34. The smallest absolute Gasteiger partial charge is 0.146 e. The Kier molecular flexibility index (Phi) is 4.56. The zero-order valence-electron chi connectivity index (χ0n) is 9.39. The Hall–Kier alpha value is -1.09. The molecule has 0 radical (unpaired) electrons. The molecule has 0 unspecified atom stereocenters. The molecule has 3 N–H and O–H groups in total. The Bertz CT molecular complexity index is 310. The van der Waals surface area contributed by atoms with E-state index in [1.54, 1.807) is 12.1 Å². The van der Waals surface area contributed by atoms with E-state index >= 15 is 0 Å². The second kappa shape index (κ2) is 5.71. The summed E-state index contributed by atoms with van der Waals surface area (Å²) in [5.74, 6) is -0.334. The molecule has 0 bridgehead atoms. The molecule has 1 aromatic rings. The number of benzene rings is 1. The predicted octanol–water partition coefficient (Wildman–Crippen LogP) is 2.34. The van der Waals surface area contributed by atoms with Crippen molar-refractivity contribution in [3.63, 3.8) is 0 Å². The van der Waals surface area contributed by atoms with E-state index in [1.807, 2.05) is 0 Å². The highest BCUT2D eigenvalue weighted by molar-refractivity contribution is 5.42. The number of hydrogen-bond acceptors (Lipinski definition) is 2. The van der Waals surface area contributed by atoms with Gasteiger partial charge in [0.2, 0.25) is 0 Å². The van der Waals surface area contributed by atoms with Crippen molar-refractivity contribution in [3.8, 4) is 0 Å². The molecule has 0 saturated heterocycles. The van der Waals surface area contributed by atoms with E-state index in [0.29, 0.717) is 6.04 Å². The zero-order valence-corrected chi connectivity index (χ0v) is 9.39. The first-order valence-electron chi connectivity index (χ1n) is 5.37. The number of nitrogens with two attached hydrogens (primary N) is 1. The van der Waals surface area contributed by atoms with Crippen LogP contribution in [0.3, 0.4) is 0 Å². The van der Waals surface area contributed by atoms with Crippen LogP contribution in [0.2, 0.25) is 0 Å². The first-order chi connectivity index (χ1) is 7.09. The Morgan fingerprint density at radius 2 is 2.13 bits per heavy atom. The second-order valence-electron chi connectivity index (χ2n) is 4.07. The summed E-state index contributed by atoms with van der Waals surface area (Å²) >= 11 is 0. The average molecular weight is 210 g/mol. The number of rotatable bonds is 5. The molecule has 0 spiro atoms. The van der Waals surface area contributed by atoms with Crippen LogP contribution in [-0.2, 0) is 6.42 Å². The third kappa shape index (κ3) is 4.30. The van der Waals surface area contributed by atoms with Gasteiger partial charge < -0.3 is 11.1 Å². The molecule has 3 heteroatoms. The van der Waals surface area contributed by atoms with E-state index in [0.717, 1.165) is 24.9 Å². The molecule has 0 aliphatic carbocycles. The van der Waals surface area contributed by atoms with E-state index in [4.69, 9.17) is 5.73 Å². The molecular formula is C12H19FN2. The van der Waals surface area contributed by atoms with Crippen LogP contribution in [0.15, 0.2) is 18.2 Å². The number of nitrogen functional groups attached to an aromatic ring is 1. The van der Waals surface area contributed by atoms with E-state index in [1.165, 1.54) is 6.07 Å². The van der Waals surface area contributed by atoms with Gasteiger partial charge in [0.25, 0.3) is 0 Å². The average Bonchev–Trinajstić information content (AvgIpc) is 2.18. The second-order valence-corrected chi connectivity index (χ2v) is 4.07. The van der Waals surface area contributed by atoms with Crippen molar-refractivity contribution in [2.45, 2.75) is 32.7 Å². The van der Waals surface area contributed by atoms with Crippen molar-refractivity contribution in [2.24, 2.45) is 0 Å². The number of anilines is 1. The van der Waals surface area contributed by atoms with E-state index < -0.39 is 0 Å². The third-order valence-electron chi connectivity index (χ3n) is 2.26. The van der Waals surface area contributed by atoms with Crippen LogP contribution in [-0.4, -0.2) is 12.6 Å². The molecule has 0 amide bonds. The molecule has 0 fully saturated rings. The fourth-order valence-electron chi connectivity index (χ4n) is 1.43. The first kappa shape index (κ1) is 12.0. The quantitative estimate of drug-likeness (QED) is 0.578. The van der Waals surface area contributed by atoms with Gasteiger partial charge in [-0.05, 0) is 37.1 Å². The van der Waals surface area contributed by atoms with Crippen molar-refractivity contribution in [3.05, 3.63) is 29.6 Å². The monoisotopic (exact) mass is 210 g/mol. The summed E-state index contributed by atoms with van der Waals surface area (Å²) in [4.78, 5) is 0. The van der Waals surface area contributed by atoms with Crippen molar-refractivity contribution < 1.29 is 4.39 Å². The topological polar surface area (TPSA) is 38.0 Å². The van der Waals surface area contributed by atoms with E-state index in [-0.39, 0.29) is 11.5 Å². The Balaban J connectivity index is 2.35. The van der Waals surface area contributed by atoms with Crippen molar-refractivity contribution >= 4 is 5.69 Å². The summed E-state index contributed by atoms with van der Waals surface area (Å²) < 4.78 is 12.9. The first-order valence-corrected chi connectivity index (χ1v) is 5.37. The highest BCUT2D eigenvalue weighted by Gasteiger charge is 1.99. The van der Waals surface area contributed by atoms with Gasteiger partial charge in [-0.2, -0.15) is 0 Å². The maximum absolute atomic E-state index is 12.9. The van der Waals surface area contributed by atoms with Crippen LogP contribution in [0.5, 0.6) is 0 Å². The van der Waals surface area contributed by atoms with Crippen LogP contribution in [0, 0.1) is 5.82 Å². The lowest BCUT2D eigenvalue weighted by molar-refractivity contribution is 0.570. The fraction of sp³-hybridized carbons (Fsp3) is 0.500. The number of nitrogens with one attached hydrogen (secondary N) is 1. The molecule has 0 aliphatic heterocycles. The summed E-state index contributed by atoms with van der Waals surface area (Å²) in [6.45, 7) is 5.22. The maximum atomic E-state index is 12.9. The molecule has 1 rings (SSSR count). The van der Waals surface area contributed by atoms with Crippen molar-refractivity contribution in [2.75, 3.05) is 12.3 Å². The molecule has 0 saturated carbocycles. The van der Waals surface area contributed by atoms with Crippen molar-refractivity contribution in [1.82, 2.24) is 5.32 Å². The van der Waals surface area contributed by atoms with Crippen LogP contribution >= 0.6 is 0 Å². The summed E-state index contributed by atoms with van der Waals surface area (Å²) in [5.41, 5.74) is 6.82. The van der Waals surface area contributed by atoms with Gasteiger partial charge in [0.15, 0.2) is 0 Å². The van der Waals surface area contributed by atoms with Crippen LogP contribution in [0.4, 0.5) is 10.1 Å². The van der Waals surface area contributed by atoms with Gasteiger partial charge in [-0.25, -0.2) is 4.39 Å². The fourth-order valence-corrected chi connectivity index (χ4v) is 1.43. The molecule has 15 heavy (non-hydrogen) atoms. The van der Waals surface area contributed by atoms with Crippen LogP contribution in [0.25, 0.3) is 0 Å². The zero-order chi connectivity index (χ0) is 11.3. The van der Waals surface area contributed by atoms with Gasteiger partial charge in [-0.3, -0.25) is 0 Å². The van der Waals surface area contributed by atoms with Gasteiger partial charge in [0.1, 0.15) is 5.82 Å². The molecule has 0 atom stereocenters. The lowest BCUT2D eigenvalue weighted by Crippen LogP contribution is -2.23. The minimum atomic E-state index is -0.334. The highest BCUT2D eigenvalue weighted by atomic mass is 19.1. The number of halogens is 1. The molecule has 1 aromatic carbocycles. The third-order valence-corrected chi connectivity index (χ3v) is 2.26. The molecule has 0 aromatic heterocycles. The van der Waals surface area contributed by atoms with Crippen LogP contribution in [0.1, 0.15) is 25.8 Å². The summed E-state index contributed by atoms with van der Waals surface area (Å²) in [6.07, 6.45) is 1.98. The Morgan fingerprint density at radius 1 is 1.40 bits per heavy atom. The van der Waals surface area contributed by atoms with Crippen LogP contribution < -0.4 is 11.1 Å². The number of aryl methyl sites for hydroxylation is 1. The van der Waals surface area contributed by atoms with Crippen molar-refractivity contribution in [1.29, 1.82) is 0 Å². The lowest BCUT2D eigenvalue weighted by atomic mass is 10.1. The van der Waals surface area contributed by atoms with Gasteiger partial charge in [-0.1, -0.05) is 19.9 Å². The largest absolute Gasteiger partial charge is 0.396 e. The van der Waals surface area contributed by atoms with E-state index in [9.17, 15) is 4.39 Å². The highest BCUT2D eigenvalue weighted by Crippen LogP contribution is 2.13. The van der Waals surface area contributed by atoms with Gasteiger partial charge in [-0.15, -0.1) is 0 Å². The lowest BCUT2D eigenvalue weighted by Gasteiger charge is -2.08. The molecular weight excluding hydrogens is 191 g/mol. The minimum Gasteiger partial charge on any atom is -0.396 e. The number of hydrogen-bond donors (Lipinski definition) is 2. The summed E-state index contributed by atoms with van der Waals surface area (Å²) in [7, 11) is 0.